The third-order valence-electron chi connectivity index (χ3n) is 6.08. The van der Waals surface area contributed by atoms with E-state index in [4.69, 9.17) is 0 Å². The molecule has 3 aliphatic carbocycles. The van der Waals surface area contributed by atoms with Gasteiger partial charge in [-0.3, -0.25) is 4.79 Å². The SMILES string of the molecule is CC12CCC(C(=O)Nc3ccc(Br)cc3)(C1Br)C2(C)C. The minimum Gasteiger partial charge on any atom is -0.326 e. The molecule has 3 aliphatic rings. The number of fused-ring (bicyclic) bond motifs is 1. The van der Waals surface area contributed by atoms with Gasteiger partial charge in [-0.1, -0.05) is 52.6 Å². The van der Waals surface area contributed by atoms with Gasteiger partial charge in [0.15, 0.2) is 0 Å². The standard InChI is InChI=1S/C16H19Br2NO/c1-14(2)15(3)8-9-16(14,12(15)18)13(20)19-11-6-4-10(17)5-7-11/h4-7,12H,8-9H2,1-3H3,(H,19,20). The molecule has 1 aromatic rings. The van der Waals surface area contributed by atoms with E-state index in [2.05, 4.69) is 57.9 Å². The van der Waals surface area contributed by atoms with Crippen LogP contribution in [0.25, 0.3) is 0 Å². The fraction of sp³-hybridized carbons (Fsp3) is 0.562. The molecule has 1 N–H and O–H groups in total. The topological polar surface area (TPSA) is 29.1 Å². The first-order chi connectivity index (χ1) is 9.25. The molecule has 0 aliphatic heterocycles. The van der Waals surface area contributed by atoms with Crippen LogP contribution < -0.4 is 5.32 Å². The summed E-state index contributed by atoms with van der Waals surface area (Å²) >= 11 is 7.21. The van der Waals surface area contributed by atoms with Gasteiger partial charge in [0.05, 0.1) is 5.41 Å². The van der Waals surface area contributed by atoms with E-state index in [9.17, 15) is 4.79 Å². The highest BCUT2D eigenvalue weighted by molar-refractivity contribution is 9.10. The Hall–Kier alpha value is -0.350. The number of hydrogen-bond acceptors (Lipinski definition) is 1. The number of alkyl halides is 1. The lowest BCUT2D eigenvalue weighted by molar-refractivity contribution is -0.155. The van der Waals surface area contributed by atoms with E-state index in [-0.39, 0.29) is 27.0 Å². The second-order valence-electron chi connectivity index (χ2n) is 6.84. The van der Waals surface area contributed by atoms with Gasteiger partial charge in [-0.2, -0.15) is 0 Å². The van der Waals surface area contributed by atoms with Crippen molar-refractivity contribution in [3.8, 4) is 0 Å². The molecule has 3 atom stereocenters. The Labute approximate surface area is 137 Å². The molecule has 4 rings (SSSR count). The van der Waals surface area contributed by atoms with Crippen LogP contribution in [-0.2, 0) is 4.79 Å². The number of halogens is 2. The van der Waals surface area contributed by atoms with Crippen LogP contribution in [0.5, 0.6) is 0 Å². The van der Waals surface area contributed by atoms with Crippen LogP contribution >= 0.6 is 31.9 Å². The lowest BCUT2D eigenvalue weighted by Crippen LogP contribution is -2.68. The van der Waals surface area contributed by atoms with E-state index in [1.54, 1.807) is 0 Å². The fourth-order valence-electron chi connectivity index (χ4n) is 4.23. The molecule has 1 aromatic carbocycles. The highest BCUT2D eigenvalue weighted by Gasteiger charge is 2.80. The Balaban J connectivity index is 1.86. The van der Waals surface area contributed by atoms with Crippen molar-refractivity contribution >= 4 is 43.5 Å². The minimum atomic E-state index is -0.283. The van der Waals surface area contributed by atoms with Gasteiger partial charge in [-0.05, 0) is 47.9 Å². The second-order valence-corrected chi connectivity index (χ2v) is 8.67. The lowest BCUT2D eigenvalue weighted by atomic mass is 9.43. The minimum absolute atomic E-state index is 0.0353. The summed E-state index contributed by atoms with van der Waals surface area (Å²) in [5.74, 6) is 0.154. The summed E-state index contributed by atoms with van der Waals surface area (Å²) in [5.41, 5.74) is 0.843. The predicted molar refractivity (Wildman–Crippen MR) is 89.0 cm³/mol. The molecular weight excluding hydrogens is 382 g/mol. The smallest absolute Gasteiger partial charge is 0.232 e. The number of nitrogens with one attached hydrogen (secondary N) is 1. The first-order valence-electron chi connectivity index (χ1n) is 6.97. The van der Waals surface area contributed by atoms with Crippen LogP contribution in [0.2, 0.25) is 0 Å². The fourth-order valence-corrected chi connectivity index (χ4v) is 6.31. The zero-order valence-electron chi connectivity index (χ0n) is 12.0. The Morgan fingerprint density at radius 1 is 1.20 bits per heavy atom. The van der Waals surface area contributed by atoms with Crippen LogP contribution in [0.1, 0.15) is 33.6 Å². The average molecular weight is 401 g/mol. The number of benzene rings is 1. The van der Waals surface area contributed by atoms with E-state index >= 15 is 0 Å². The van der Waals surface area contributed by atoms with Crippen LogP contribution in [0.15, 0.2) is 28.7 Å². The third-order valence-corrected chi connectivity index (χ3v) is 8.40. The Morgan fingerprint density at radius 2 is 1.80 bits per heavy atom. The Kier molecular flexibility index (Phi) is 3.15. The van der Waals surface area contributed by atoms with Gasteiger partial charge in [0.25, 0.3) is 0 Å². The maximum absolute atomic E-state index is 12.9. The number of carbonyl (C=O) groups excluding carboxylic acids is 1. The summed E-state index contributed by atoms with van der Waals surface area (Å²) in [7, 11) is 0. The lowest BCUT2D eigenvalue weighted by Gasteiger charge is -2.64. The van der Waals surface area contributed by atoms with E-state index in [0.717, 1.165) is 23.0 Å². The molecule has 4 heteroatoms. The molecule has 20 heavy (non-hydrogen) atoms. The highest BCUT2D eigenvalue weighted by Crippen LogP contribution is 2.79. The summed E-state index contributed by atoms with van der Waals surface area (Å²) in [6.45, 7) is 6.77. The number of carbonyl (C=O) groups is 1. The summed E-state index contributed by atoms with van der Waals surface area (Å²) in [6, 6.07) is 7.76. The number of anilines is 1. The van der Waals surface area contributed by atoms with Gasteiger partial charge in [-0.15, -0.1) is 0 Å². The maximum Gasteiger partial charge on any atom is 0.232 e. The first kappa shape index (κ1) is 14.6. The van der Waals surface area contributed by atoms with Crippen molar-refractivity contribution in [2.45, 2.75) is 38.4 Å². The monoisotopic (exact) mass is 399 g/mol. The highest BCUT2D eigenvalue weighted by atomic mass is 79.9. The number of amides is 1. The normalized spacial score (nSPS) is 37.4. The van der Waals surface area contributed by atoms with E-state index in [0.29, 0.717) is 0 Å². The number of rotatable bonds is 2. The average Bonchev–Trinajstić information content (AvgIpc) is 2.80. The van der Waals surface area contributed by atoms with E-state index < -0.39 is 0 Å². The molecule has 0 saturated heterocycles. The van der Waals surface area contributed by atoms with E-state index in [1.165, 1.54) is 0 Å². The predicted octanol–water partition coefficient (Wildman–Crippen LogP) is 4.98. The molecule has 3 unspecified atom stereocenters. The Morgan fingerprint density at radius 3 is 2.25 bits per heavy atom. The second kappa shape index (κ2) is 4.33. The third kappa shape index (κ3) is 1.52. The quantitative estimate of drug-likeness (QED) is 0.697. The molecule has 3 saturated carbocycles. The van der Waals surface area contributed by atoms with Crippen molar-refractivity contribution in [2.75, 3.05) is 5.32 Å². The zero-order chi connectivity index (χ0) is 14.8. The molecule has 108 valence electrons. The molecular formula is C16H19Br2NO. The molecule has 3 fully saturated rings. The van der Waals surface area contributed by atoms with Crippen molar-refractivity contribution in [2.24, 2.45) is 16.2 Å². The Bertz CT molecular complexity index is 568. The molecule has 0 aromatic heterocycles. The zero-order valence-corrected chi connectivity index (χ0v) is 15.1. The van der Waals surface area contributed by atoms with Crippen LogP contribution in [0.3, 0.4) is 0 Å². The van der Waals surface area contributed by atoms with Gasteiger partial charge < -0.3 is 5.32 Å². The van der Waals surface area contributed by atoms with Crippen LogP contribution in [0, 0.1) is 16.2 Å². The summed E-state index contributed by atoms with van der Waals surface area (Å²) < 4.78 is 1.02. The number of hydrogen-bond donors (Lipinski definition) is 1. The van der Waals surface area contributed by atoms with Crippen LogP contribution in [0.4, 0.5) is 5.69 Å². The van der Waals surface area contributed by atoms with Crippen molar-refractivity contribution in [3.05, 3.63) is 28.7 Å². The van der Waals surface area contributed by atoms with E-state index in [1.807, 2.05) is 24.3 Å². The van der Waals surface area contributed by atoms with Gasteiger partial charge >= 0.3 is 0 Å². The van der Waals surface area contributed by atoms with Crippen molar-refractivity contribution in [1.82, 2.24) is 0 Å². The van der Waals surface area contributed by atoms with Gasteiger partial charge in [0, 0.05) is 15.0 Å². The van der Waals surface area contributed by atoms with Crippen molar-refractivity contribution < 1.29 is 4.79 Å². The summed E-state index contributed by atoms with van der Waals surface area (Å²) in [6.07, 6.45) is 2.08. The van der Waals surface area contributed by atoms with Crippen molar-refractivity contribution in [1.29, 1.82) is 0 Å². The molecule has 2 bridgehead atoms. The maximum atomic E-state index is 12.9. The summed E-state index contributed by atoms with van der Waals surface area (Å²) in [5, 5.41) is 3.10. The molecule has 1 amide bonds. The van der Waals surface area contributed by atoms with Crippen LogP contribution in [-0.4, -0.2) is 10.7 Å². The molecule has 0 spiro atoms. The van der Waals surface area contributed by atoms with Gasteiger partial charge in [0.1, 0.15) is 0 Å². The summed E-state index contributed by atoms with van der Waals surface area (Å²) in [4.78, 5) is 13.1. The largest absolute Gasteiger partial charge is 0.326 e. The first-order valence-corrected chi connectivity index (χ1v) is 8.68. The van der Waals surface area contributed by atoms with Gasteiger partial charge in [-0.25, -0.2) is 0 Å². The molecule has 0 radical (unpaired) electrons. The molecule has 0 heterocycles. The molecule has 2 nitrogen and oxygen atoms in total. The van der Waals surface area contributed by atoms with Gasteiger partial charge in [0.2, 0.25) is 5.91 Å². The van der Waals surface area contributed by atoms with Crippen molar-refractivity contribution in [3.63, 3.8) is 0 Å².